The quantitative estimate of drug-likeness (QED) is 0.442. The maximum atomic E-state index is 12.4. The van der Waals surface area contributed by atoms with Crippen molar-refractivity contribution in [3.05, 3.63) is 20.7 Å². The number of quaternary nitrogens is 1. The van der Waals surface area contributed by atoms with Gasteiger partial charge in [0.15, 0.2) is 4.77 Å². The molecule has 0 aromatic carbocycles. The zero-order valence-electron chi connectivity index (χ0n) is 13.3. The molecule has 1 saturated carbocycles. The molecule has 1 aromatic heterocycles. The number of nitrogens with one attached hydrogen (secondary N) is 2. The van der Waals surface area contributed by atoms with Gasteiger partial charge in [0.1, 0.15) is 0 Å². The predicted molar refractivity (Wildman–Crippen MR) is 90.1 cm³/mol. The summed E-state index contributed by atoms with van der Waals surface area (Å²) in [5.74, 6) is -0.299. The highest BCUT2D eigenvalue weighted by Gasteiger charge is 2.25. The number of rotatable bonds is 6. The van der Waals surface area contributed by atoms with Crippen molar-refractivity contribution in [3.63, 3.8) is 0 Å². The molecule has 0 spiro atoms. The molecule has 2 fully saturated rings. The molecule has 1 aromatic rings. The van der Waals surface area contributed by atoms with Crippen LogP contribution in [0.3, 0.4) is 0 Å². The molecule has 2 N–H and O–H groups in total. The summed E-state index contributed by atoms with van der Waals surface area (Å²) in [5.41, 5.74) is -0.321. The molecular weight excluding hydrogens is 312 g/mol. The van der Waals surface area contributed by atoms with Crippen LogP contribution >= 0.6 is 12.2 Å². The van der Waals surface area contributed by atoms with Crippen LogP contribution in [0, 0.1) is 4.77 Å². The molecule has 6 nitrogen and oxygen atoms in total. The van der Waals surface area contributed by atoms with Gasteiger partial charge in [-0.2, -0.15) is 0 Å². The summed E-state index contributed by atoms with van der Waals surface area (Å²) in [5, 5.41) is 12.4. The van der Waals surface area contributed by atoms with Gasteiger partial charge in [-0.25, -0.2) is 0 Å². The largest absolute Gasteiger partial charge is 0.859 e. The van der Waals surface area contributed by atoms with Crippen molar-refractivity contribution >= 4 is 18.4 Å². The molecule has 0 amide bonds. The number of aromatic amines is 1. The van der Waals surface area contributed by atoms with Crippen LogP contribution in [0.2, 0.25) is 0 Å². The second kappa shape index (κ2) is 7.40. The van der Waals surface area contributed by atoms with E-state index in [0.717, 1.165) is 25.8 Å². The average Bonchev–Trinajstić information content (AvgIpc) is 3.35. The van der Waals surface area contributed by atoms with E-state index in [1.54, 1.807) is 4.90 Å². The monoisotopic (exact) mass is 336 g/mol. The van der Waals surface area contributed by atoms with Crippen LogP contribution in [-0.4, -0.2) is 41.9 Å². The van der Waals surface area contributed by atoms with E-state index < -0.39 is 5.56 Å². The number of hydrogen-bond donors (Lipinski definition) is 2. The lowest BCUT2D eigenvalue weighted by Gasteiger charge is -2.23. The summed E-state index contributed by atoms with van der Waals surface area (Å²) in [6.07, 6.45) is 8.32. The normalized spacial score (nSPS) is 19.5. The van der Waals surface area contributed by atoms with E-state index >= 15 is 0 Å². The van der Waals surface area contributed by atoms with Gasteiger partial charge in [-0.3, -0.25) is 14.8 Å². The molecule has 126 valence electrons. The van der Waals surface area contributed by atoms with Gasteiger partial charge in [-0.05, 0) is 50.2 Å². The maximum Gasteiger partial charge on any atom is 0.259 e. The van der Waals surface area contributed by atoms with Crippen LogP contribution in [0.1, 0.15) is 50.1 Å². The molecule has 2 heterocycles. The number of hydrogen-bond acceptors (Lipinski definition) is 4. The zero-order chi connectivity index (χ0) is 16.2. The fourth-order valence-electron chi connectivity index (χ4n) is 3.20. The maximum absolute atomic E-state index is 12.4. The summed E-state index contributed by atoms with van der Waals surface area (Å²) < 4.78 is 1.75. The Morgan fingerprint density at radius 2 is 2.09 bits per heavy atom. The van der Waals surface area contributed by atoms with E-state index in [2.05, 4.69) is 9.98 Å². The van der Waals surface area contributed by atoms with Crippen molar-refractivity contribution in [2.75, 3.05) is 26.2 Å². The molecule has 7 heteroatoms. The van der Waals surface area contributed by atoms with E-state index in [9.17, 15) is 9.90 Å². The number of piperidine rings is 1. The first-order chi connectivity index (χ1) is 11.2. The van der Waals surface area contributed by atoms with Crippen molar-refractivity contribution in [2.45, 2.75) is 44.6 Å². The summed E-state index contributed by atoms with van der Waals surface area (Å²) in [6, 6.07) is 0.154. The molecule has 23 heavy (non-hydrogen) atoms. The standard InChI is InChI=1S/C16H24N4O2S/c21-14-13(15(22)20(12-5-6-12)16(23)18-14)11-17-7-4-10-19-8-2-1-3-9-19/h11-12,22H,1-10H2,(H,18,21,23). The molecular formula is C16H24N4O2S. The molecule has 0 bridgehead atoms. The van der Waals surface area contributed by atoms with Crippen molar-refractivity contribution in [3.8, 4) is 5.88 Å². The van der Waals surface area contributed by atoms with Gasteiger partial charge in [0.25, 0.3) is 5.56 Å². The second-order valence-electron chi connectivity index (χ2n) is 6.53. The predicted octanol–water partition coefficient (Wildman–Crippen LogP) is 0.192. The van der Waals surface area contributed by atoms with Crippen molar-refractivity contribution in [1.29, 1.82) is 0 Å². The zero-order valence-corrected chi connectivity index (χ0v) is 14.2. The Morgan fingerprint density at radius 1 is 1.35 bits per heavy atom. The number of aromatic nitrogens is 2. The van der Waals surface area contributed by atoms with Crippen LogP contribution in [0.5, 0.6) is 5.88 Å². The SMILES string of the molecule is O=c1[nH]c(=S)n(C2CC2)c([O-])c1C=NCCC[NH+]1CCCCC1. The topological polar surface area (TPSA) is 77.6 Å². The van der Waals surface area contributed by atoms with Crippen LogP contribution in [0.25, 0.3) is 0 Å². The van der Waals surface area contributed by atoms with Crippen molar-refractivity contribution < 1.29 is 10.0 Å². The Hall–Kier alpha value is -1.47. The number of nitrogens with zero attached hydrogens (tertiary/aromatic N) is 2. The van der Waals surface area contributed by atoms with E-state index in [0.29, 0.717) is 6.54 Å². The minimum absolute atomic E-state index is 0.107. The fraction of sp³-hybridized carbons (Fsp3) is 0.688. The number of H-pyrrole nitrogens is 1. The van der Waals surface area contributed by atoms with Crippen molar-refractivity contribution in [1.82, 2.24) is 9.55 Å². The molecule has 2 aliphatic rings. The van der Waals surface area contributed by atoms with Gasteiger partial charge in [-0.1, -0.05) is 0 Å². The lowest BCUT2D eigenvalue weighted by Crippen LogP contribution is -3.12. The molecule has 1 saturated heterocycles. The minimum Gasteiger partial charge on any atom is -0.859 e. The lowest BCUT2D eigenvalue weighted by atomic mass is 10.1. The molecule has 3 rings (SSSR count). The summed E-state index contributed by atoms with van der Waals surface area (Å²) in [4.78, 5) is 20.5. The highest BCUT2D eigenvalue weighted by molar-refractivity contribution is 7.71. The molecule has 0 unspecified atom stereocenters. The molecule has 0 atom stereocenters. The summed E-state index contributed by atoms with van der Waals surface area (Å²) >= 11 is 5.09. The molecule has 0 radical (unpaired) electrons. The van der Waals surface area contributed by atoms with Gasteiger partial charge < -0.3 is 14.6 Å². The first kappa shape index (κ1) is 16.4. The lowest BCUT2D eigenvalue weighted by molar-refractivity contribution is -0.904. The highest BCUT2D eigenvalue weighted by Crippen LogP contribution is 2.37. The summed E-state index contributed by atoms with van der Waals surface area (Å²) in [7, 11) is 0. The van der Waals surface area contributed by atoms with Crippen LogP contribution in [-0.2, 0) is 0 Å². The van der Waals surface area contributed by atoms with Crippen LogP contribution in [0.4, 0.5) is 0 Å². The third-order valence-corrected chi connectivity index (χ3v) is 4.94. The number of likely N-dealkylation sites (tertiary alicyclic amines) is 1. The van der Waals surface area contributed by atoms with Gasteiger partial charge in [-0.15, -0.1) is 0 Å². The van der Waals surface area contributed by atoms with Gasteiger partial charge >= 0.3 is 0 Å². The number of aliphatic imine (C=N–C) groups is 1. The van der Waals surface area contributed by atoms with E-state index in [4.69, 9.17) is 12.2 Å². The molecule has 1 aliphatic heterocycles. The van der Waals surface area contributed by atoms with Gasteiger partial charge in [0.05, 0.1) is 25.2 Å². The van der Waals surface area contributed by atoms with Gasteiger partial charge in [0, 0.05) is 25.2 Å². The fourth-order valence-corrected chi connectivity index (χ4v) is 3.52. The van der Waals surface area contributed by atoms with Gasteiger partial charge in [0.2, 0.25) is 0 Å². The third kappa shape index (κ3) is 4.09. The van der Waals surface area contributed by atoms with Crippen LogP contribution < -0.4 is 15.6 Å². The van der Waals surface area contributed by atoms with E-state index in [-0.39, 0.29) is 22.3 Å². The van der Waals surface area contributed by atoms with Crippen molar-refractivity contribution in [2.24, 2.45) is 4.99 Å². The minimum atomic E-state index is -0.428. The Labute approximate surface area is 140 Å². The average molecular weight is 336 g/mol. The second-order valence-corrected chi connectivity index (χ2v) is 6.92. The van der Waals surface area contributed by atoms with Crippen LogP contribution in [0.15, 0.2) is 9.79 Å². The Balaban J connectivity index is 1.59. The first-order valence-corrected chi connectivity index (χ1v) is 8.97. The Kier molecular flexibility index (Phi) is 5.27. The highest BCUT2D eigenvalue weighted by atomic mass is 32.1. The smallest absolute Gasteiger partial charge is 0.259 e. The third-order valence-electron chi connectivity index (χ3n) is 4.64. The van der Waals surface area contributed by atoms with E-state index in [1.165, 1.54) is 43.1 Å². The molecule has 1 aliphatic carbocycles. The Bertz CT molecular complexity index is 684. The van der Waals surface area contributed by atoms with E-state index in [1.807, 2.05) is 0 Å². The summed E-state index contributed by atoms with van der Waals surface area (Å²) in [6.45, 7) is 4.29. The first-order valence-electron chi connectivity index (χ1n) is 8.56. The Morgan fingerprint density at radius 3 is 2.78 bits per heavy atom.